The van der Waals surface area contributed by atoms with Crippen LogP contribution in [0.4, 0.5) is 0 Å². The van der Waals surface area contributed by atoms with Gasteiger partial charge in [0.15, 0.2) is 0 Å². The lowest BCUT2D eigenvalue weighted by molar-refractivity contribution is 0.132. The van der Waals surface area contributed by atoms with E-state index in [4.69, 9.17) is 10.5 Å². The van der Waals surface area contributed by atoms with Gasteiger partial charge in [-0.05, 0) is 38.3 Å². The van der Waals surface area contributed by atoms with E-state index in [1.165, 1.54) is 18.4 Å². The lowest BCUT2D eigenvalue weighted by atomic mass is 9.93. The van der Waals surface area contributed by atoms with Crippen molar-refractivity contribution in [1.29, 1.82) is 0 Å². The van der Waals surface area contributed by atoms with Crippen LogP contribution in [0.3, 0.4) is 0 Å². The first-order chi connectivity index (χ1) is 7.25. The molecule has 0 aliphatic heterocycles. The van der Waals surface area contributed by atoms with Crippen LogP contribution in [0, 0.1) is 6.92 Å². The molecule has 1 saturated carbocycles. The van der Waals surface area contributed by atoms with Gasteiger partial charge in [0.2, 0.25) is 0 Å². The van der Waals surface area contributed by atoms with Crippen molar-refractivity contribution in [2.75, 3.05) is 0 Å². The van der Waals surface area contributed by atoms with Gasteiger partial charge in [0.1, 0.15) is 11.9 Å². The Kier molecular flexibility index (Phi) is 5.10. The third-order valence-electron chi connectivity index (χ3n) is 3.06. The van der Waals surface area contributed by atoms with E-state index in [0.717, 1.165) is 18.6 Å². The van der Waals surface area contributed by atoms with E-state index < -0.39 is 0 Å². The Morgan fingerprint density at radius 2 is 1.75 bits per heavy atom. The van der Waals surface area contributed by atoms with Crippen LogP contribution in [0.2, 0.25) is 0 Å². The zero-order chi connectivity index (χ0) is 10.7. The summed E-state index contributed by atoms with van der Waals surface area (Å²) in [5.41, 5.74) is 7.29. The van der Waals surface area contributed by atoms with Crippen molar-refractivity contribution in [2.45, 2.75) is 44.8 Å². The molecule has 0 aromatic heterocycles. The van der Waals surface area contributed by atoms with Crippen LogP contribution in [-0.2, 0) is 0 Å². The second-order valence-electron chi connectivity index (χ2n) is 4.42. The average Bonchev–Trinajstić information content (AvgIpc) is 2.25. The van der Waals surface area contributed by atoms with Crippen molar-refractivity contribution in [3.8, 4) is 5.75 Å². The van der Waals surface area contributed by atoms with Crippen LogP contribution in [0.25, 0.3) is 0 Å². The summed E-state index contributed by atoms with van der Waals surface area (Å²) in [5.74, 6) is 0.947. The molecule has 0 radical (unpaired) electrons. The Morgan fingerprint density at radius 3 is 2.38 bits per heavy atom. The van der Waals surface area contributed by atoms with Crippen molar-refractivity contribution < 1.29 is 4.74 Å². The van der Waals surface area contributed by atoms with Gasteiger partial charge in [-0.15, -0.1) is 12.4 Å². The van der Waals surface area contributed by atoms with Crippen molar-refractivity contribution >= 4 is 12.4 Å². The number of benzene rings is 1. The minimum Gasteiger partial charge on any atom is -0.489 e. The summed E-state index contributed by atoms with van der Waals surface area (Å²) in [7, 11) is 0. The molecule has 0 spiro atoms. The number of hydrogen-bond donors (Lipinski definition) is 1. The molecular formula is C13H20ClNO. The van der Waals surface area contributed by atoms with E-state index in [9.17, 15) is 0 Å². The molecule has 1 aliphatic rings. The Bertz CT molecular complexity index is 312. The summed E-state index contributed by atoms with van der Waals surface area (Å²) in [6.45, 7) is 2.08. The summed E-state index contributed by atoms with van der Waals surface area (Å²) in [6, 6.07) is 8.40. The molecule has 3 heteroatoms. The molecule has 0 bridgehead atoms. The van der Waals surface area contributed by atoms with Gasteiger partial charge in [-0.2, -0.15) is 0 Å². The second-order valence-corrected chi connectivity index (χ2v) is 4.42. The number of nitrogens with two attached hydrogens (primary N) is 1. The molecule has 0 unspecified atom stereocenters. The van der Waals surface area contributed by atoms with Gasteiger partial charge in [0, 0.05) is 6.04 Å². The molecule has 2 N–H and O–H groups in total. The van der Waals surface area contributed by atoms with Gasteiger partial charge in [-0.25, -0.2) is 0 Å². The van der Waals surface area contributed by atoms with Crippen LogP contribution in [0.1, 0.15) is 31.2 Å². The maximum atomic E-state index is 6.03. The topological polar surface area (TPSA) is 35.2 Å². The number of halogens is 1. The Labute approximate surface area is 104 Å². The lowest BCUT2D eigenvalue weighted by Crippen LogP contribution is -2.41. The zero-order valence-corrected chi connectivity index (χ0v) is 10.5. The molecule has 1 aliphatic carbocycles. The zero-order valence-electron chi connectivity index (χ0n) is 9.69. The molecule has 1 aromatic rings. The highest BCUT2D eigenvalue weighted by molar-refractivity contribution is 5.85. The number of aryl methyl sites for hydroxylation is 1. The molecule has 90 valence electrons. The van der Waals surface area contributed by atoms with Crippen molar-refractivity contribution in [2.24, 2.45) is 5.73 Å². The molecule has 0 amide bonds. The predicted molar refractivity (Wildman–Crippen MR) is 69.3 cm³/mol. The average molecular weight is 242 g/mol. The first kappa shape index (κ1) is 13.3. The van der Waals surface area contributed by atoms with Crippen LogP contribution in [-0.4, -0.2) is 12.1 Å². The quantitative estimate of drug-likeness (QED) is 0.864. The highest BCUT2D eigenvalue weighted by Crippen LogP contribution is 2.22. The summed E-state index contributed by atoms with van der Waals surface area (Å²) in [6.07, 6.45) is 4.88. The molecule has 2 nitrogen and oxygen atoms in total. The van der Waals surface area contributed by atoms with Crippen LogP contribution < -0.4 is 10.5 Å². The summed E-state index contributed by atoms with van der Waals surface area (Å²) in [5, 5.41) is 0. The van der Waals surface area contributed by atoms with Gasteiger partial charge in [-0.3, -0.25) is 0 Å². The standard InChI is InChI=1S/C13H19NO.ClH/c1-10-6-8-11(9-7-10)15-13-5-3-2-4-12(13)14;/h6-9,12-13H,2-5,14H2,1H3;1H/t12-,13-;/m1./s1. The SMILES string of the molecule is Cc1ccc(O[C@@H]2CCCC[C@H]2N)cc1.Cl. The number of ether oxygens (including phenoxy) is 1. The summed E-state index contributed by atoms with van der Waals surface area (Å²) < 4.78 is 5.90. The fourth-order valence-electron chi connectivity index (χ4n) is 2.06. The highest BCUT2D eigenvalue weighted by Gasteiger charge is 2.23. The van der Waals surface area contributed by atoms with Crippen molar-refractivity contribution in [3.63, 3.8) is 0 Å². The van der Waals surface area contributed by atoms with Crippen LogP contribution in [0.15, 0.2) is 24.3 Å². The minimum absolute atomic E-state index is 0. The first-order valence-electron chi connectivity index (χ1n) is 5.74. The van der Waals surface area contributed by atoms with E-state index in [2.05, 4.69) is 19.1 Å². The van der Waals surface area contributed by atoms with Crippen LogP contribution in [0.5, 0.6) is 5.75 Å². The van der Waals surface area contributed by atoms with Crippen molar-refractivity contribution in [3.05, 3.63) is 29.8 Å². The highest BCUT2D eigenvalue weighted by atomic mass is 35.5. The molecule has 0 saturated heterocycles. The normalized spacial score (nSPS) is 24.6. The molecule has 0 heterocycles. The Morgan fingerprint density at radius 1 is 1.12 bits per heavy atom. The van der Waals surface area contributed by atoms with E-state index >= 15 is 0 Å². The van der Waals surface area contributed by atoms with Gasteiger partial charge in [0.25, 0.3) is 0 Å². The monoisotopic (exact) mass is 241 g/mol. The fourth-order valence-corrected chi connectivity index (χ4v) is 2.06. The number of hydrogen-bond acceptors (Lipinski definition) is 2. The van der Waals surface area contributed by atoms with Gasteiger partial charge < -0.3 is 10.5 Å². The fraction of sp³-hybridized carbons (Fsp3) is 0.538. The Hall–Kier alpha value is -0.730. The largest absolute Gasteiger partial charge is 0.489 e. The molecule has 1 fully saturated rings. The van der Waals surface area contributed by atoms with E-state index in [0.29, 0.717) is 0 Å². The smallest absolute Gasteiger partial charge is 0.119 e. The molecular weight excluding hydrogens is 222 g/mol. The maximum absolute atomic E-state index is 6.03. The van der Waals surface area contributed by atoms with Crippen molar-refractivity contribution in [1.82, 2.24) is 0 Å². The lowest BCUT2D eigenvalue weighted by Gasteiger charge is -2.29. The van der Waals surface area contributed by atoms with E-state index in [-0.39, 0.29) is 24.6 Å². The molecule has 16 heavy (non-hydrogen) atoms. The summed E-state index contributed by atoms with van der Waals surface area (Å²) >= 11 is 0. The summed E-state index contributed by atoms with van der Waals surface area (Å²) in [4.78, 5) is 0. The predicted octanol–water partition coefficient (Wildman–Crippen LogP) is 3.07. The molecule has 1 aromatic carbocycles. The Balaban J connectivity index is 0.00000128. The molecule has 2 atom stereocenters. The van der Waals surface area contributed by atoms with Gasteiger partial charge in [0.05, 0.1) is 0 Å². The number of rotatable bonds is 2. The maximum Gasteiger partial charge on any atom is 0.119 e. The van der Waals surface area contributed by atoms with Gasteiger partial charge >= 0.3 is 0 Å². The molecule has 2 rings (SSSR count). The third kappa shape index (κ3) is 3.39. The minimum atomic E-state index is 0. The first-order valence-corrected chi connectivity index (χ1v) is 5.74. The van der Waals surface area contributed by atoms with Crippen LogP contribution >= 0.6 is 12.4 Å². The van der Waals surface area contributed by atoms with Gasteiger partial charge in [-0.1, -0.05) is 24.1 Å². The third-order valence-corrected chi connectivity index (χ3v) is 3.06. The second kappa shape index (κ2) is 6.12. The van der Waals surface area contributed by atoms with E-state index in [1.807, 2.05) is 12.1 Å². The van der Waals surface area contributed by atoms with E-state index in [1.54, 1.807) is 0 Å².